The molecule has 8 rings (SSSR count). The number of carbonyl (C=O) groups is 8. The molecule has 0 spiro atoms. The number of carboxylic acid groups (broad SMARTS) is 8. The Balaban J connectivity index is 1.16. The van der Waals surface area contributed by atoms with Crippen molar-refractivity contribution in [3.8, 4) is 0 Å². The maximum absolute atomic E-state index is 12.5. The number of rotatable bonds is 55. The number of thioether (sulfide) groups is 8. The Kier molecular flexibility index (Phi) is 31.0. The van der Waals surface area contributed by atoms with Crippen molar-refractivity contribution in [3.05, 3.63) is 0 Å². The maximum atomic E-state index is 12.5. The zero-order valence-electron chi connectivity index (χ0n) is 97.7. The lowest BCUT2D eigenvalue weighted by Gasteiger charge is -2.50. The van der Waals surface area contributed by atoms with Gasteiger partial charge in [-0.25, -0.2) is 0 Å². The van der Waals surface area contributed by atoms with Crippen molar-refractivity contribution in [2.45, 2.75) is 297 Å². The summed E-state index contributed by atoms with van der Waals surface area (Å²) in [7, 11) is 0.903. The highest BCUT2D eigenvalue weighted by Gasteiger charge is 2.60. The normalized spacial score (nSPS) is 45.3. The molecule has 0 unspecified atom stereocenters. The first-order valence-electron chi connectivity index (χ1n) is 53.3. The van der Waals surface area contributed by atoms with Crippen LogP contribution in [0.25, 0.3) is 0 Å². The molecule has 8 heterocycles. The van der Waals surface area contributed by atoms with Crippen LogP contribution in [0.5, 0.6) is 0 Å². The molecule has 0 saturated carbocycles. The van der Waals surface area contributed by atoms with Crippen LogP contribution in [-0.4, -0.2) is 509 Å². The average Bonchev–Trinajstić information content (AvgIpc) is 0.761. The van der Waals surface area contributed by atoms with Crippen molar-refractivity contribution < 1.29 is 281 Å². The molecular weight excluding hydrogens is 1900 g/mol. The Hall–Kier alpha value is -2.72. The van der Waals surface area contributed by atoms with Gasteiger partial charge in [0.2, 0.25) is 0 Å². The van der Waals surface area contributed by atoms with Crippen LogP contribution in [0.1, 0.15) is 101 Å². The minimum atomic E-state index is -4.03. The van der Waals surface area contributed by atoms with Crippen molar-refractivity contribution in [2.75, 3.05) is 98.8 Å². The Morgan fingerprint density at radius 1 is 0.240 bits per heavy atom. The highest BCUT2D eigenvalue weighted by Crippen LogP contribution is 2.42. The minimum Gasteiger partial charge on any atom is -0.481 e. The van der Waals surface area contributed by atoms with Gasteiger partial charge in [0.25, 0.3) is 0 Å². The van der Waals surface area contributed by atoms with Crippen LogP contribution >= 0.6 is 94.1 Å². The third kappa shape index (κ3) is 33.3. The van der Waals surface area contributed by atoms with Gasteiger partial charge in [0.1, 0.15) is 134 Å². The van der Waals surface area contributed by atoms with E-state index in [1.807, 2.05) is 0 Å². The Morgan fingerprint density at radius 3 is 0.566 bits per heavy atom. The van der Waals surface area contributed by atoms with Gasteiger partial charge in [0, 0.05) is 149 Å². The van der Waals surface area contributed by atoms with Gasteiger partial charge >= 0.3 is 47.8 Å². The van der Waals surface area contributed by atoms with Gasteiger partial charge in [0.05, 0.1) is 106 Å². The number of hydrogen-bond acceptors (Lipinski definition) is 48. The molecule has 8 fully saturated rings. The van der Waals surface area contributed by atoms with E-state index in [4.69, 9.17) is 120 Å². The Labute approximate surface area is 815 Å². The van der Waals surface area contributed by atoms with E-state index in [1.54, 1.807) is 0 Å². The summed E-state index contributed by atoms with van der Waals surface area (Å²) < 4.78 is 357. The molecule has 0 aliphatic carbocycles. The molecule has 48 nitrogen and oxygen atoms in total. The summed E-state index contributed by atoms with van der Waals surface area (Å²) in [6.07, 6.45) is -133. The first-order chi connectivity index (χ1) is 73.1. The zero-order valence-corrected chi connectivity index (χ0v) is 72.2. The van der Waals surface area contributed by atoms with E-state index in [-0.39, 0.29) is 58.8 Å². The number of methoxy groups -OCH3 is 1. The highest BCUT2D eigenvalue weighted by atomic mass is 32.2. The molecule has 56 heteroatoms. The molecule has 0 aromatic heterocycles. The second kappa shape index (κ2) is 55.2. The van der Waals surface area contributed by atoms with Gasteiger partial charge < -0.3 is 198 Å². The molecule has 24 N–H and O–H groups in total. The summed E-state index contributed by atoms with van der Waals surface area (Å²) in [5.74, 6) is -29.6. The lowest BCUT2D eigenvalue weighted by atomic mass is 9.95. The molecule has 129 heavy (non-hydrogen) atoms. The van der Waals surface area contributed by atoms with Crippen LogP contribution in [0.15, 0.2) is 0 Å². The smallest absolute Gasteiger partial charge is 0.304 e. The highest BCUT2D eigenvalue weighted by molar-refractivity contribution is 8.00. The van der Waals surface area contributed by atoms with Gasteiger partial charge in [-0.1, -0.05) is 0 Å². The summed E-state index contributed by atoms with van der Waals surface area (Å²) in [5.41, 5.74) is -29.0. The van der Waals surface area contributed by atoms with Gasteiger partial charge in [-0.2, -0.15) is 94.1 Å². The quantitative estimate of drug-likeness (QED) is 0.0269. The van der Waals surface area contributed by atoms with E-state index >= 15 is 0 Å². The standard InChI is InChI=1S/C73H116O48S8/c1-106-66-52(99)45(92)59(29(108-66)20-123-11-3-37(77)78)116-68-54(101)47(94)61(31(110-68)22-125-13-5-39(81)82)118-70-56(103)49(96)63(33(112-70)24-127-15-7-41(85)86)120-72-58(105)51(98)65(35(114-72)26-129-17-9-43(89)90)121-73-57(104)50(97)64(34(113-73)25-128-16-8-42(87)88)119-71-55(102)48(95)62(32(111-71)23-126-14-6-40(83)84)117-69-53(100)46(93)60(30(109-69)21-124-12-4-38(79)80)115-67-44(91)28(74)18-27(107-67)19-122-10-2-36(75)76/h27-35,44-74,91-105H,2-26H2,1H3,(H,75,76)(H,77,78)(H,79,80)(H,81,82)(H,83,84)(H,85,86)(H,87,88)(H,89,90)/t27-,28-,29-,30-,31+,32-,33+,34-,35-,44+,45+,46+,47+,48+,49+,50+,51+,52+,53+,54+,55+,56+,57+,58+,59+,60+,61+,62+,63+,64+,65+,66-,67+,68+,69+,70+,71+,72+,73+/m0/s1/i2D2,3D2,4D2,5D2,6D2,7D2,8D2,9D2,10D2,11D2,12D2,13D2,14D2,15D2,16D2,17D2. The average molecular weight is 2050 g/mol. The van der Waals surface area contributed by atoms with Crippen molar-refractivity contribution in [1.29, 1.82) is 0 Å². The van der Waals surface area contributed by atoms with Gasteiger partial charge in [0.15, 0.2) is 50.3 Å². The van der Waals surface area contributed by atoms with Crippen molar-refractivity contribution in [2.24, 2.45) is 0 Å². The largest absolute Gasteiger partial charge is 0.481 e. The van der Waals surface area contributed by atoms with Crippen LogP contribution in [0.2, 0.25) is 0 Å². The molecular formula is C73H116O48S8. The van der Waals surface area contributed by atoms with Gasteiger partial charge in [-0.3, -0.25) is 38.4 Å². The lowest BCUT2D eigenvalue weighted by molar-refractivity contribution is -0.391. The first-order valence-corrected chi connectivity index (χ1v) is 45.2. The van der Waals surface area contributed by atoms with E-state index in [9.17, 15) is 161 Å². The molecule has 0 aromatic rings. The Morgan fingerprint density at radius 2 is 0.395 bits per heavy atom. The van der Waals surface area contributed by atoms with E-state index in [1.165, 1.54) is 0 Å². The fourth-order valence-electron chi connectivity index (χ4n) is 13.2. The summed E-state index contributed by atoms with van der Waals surface area (Å²) in [4.78, 5) is 97.2. The molecule has 744 valence electrons. The van der Waals surface area contributed by atoms with E-state index in [0.29, 0.717) is 0 Å². The third-order valence-corrected chi connectivity index (χ3v) is 25.1. The summed E-state index contributed by atoms with van der Waals surface area (Å²) in [5, 5.41) is 270. The predicted molar refractivity (Wildman–Crippen MR) is 448 cm³/mol. The van der Waals surface area contributed by atoms with E-state index in [0.717, 1.165) is 7.11 Å². The summed E-state index contributed by atoms with van der Waals surface area (Å²) >= 11 is -2.42. The summed E-state index contributed by atoms with van der Waals surface area (Å²) in [6.45, 7) is 0. The van der Waals surface area contributed by atoms with Gasteiger partial charge in [-0.05, 0) is 0 Å². The first kappa shape index (κ1) is 72.6. The lowest BCUT2D eigenvalue weighted by Crippen LogP contribution is -2.68. The number of hydrogen-bond donors (Lipinski definition) is 24. The Bertz CT molecular complexity index is 4860. The molecule has 0 aromatic carbocycles. The second-order valence-corrected chi connectivity index (χ2v) is 34.4. The van der Waals surface area contributed by atoms with E-state index < -0.39 is 472 Å². The van der Waals surface area contributed by atoms with Crippen LogP contribution in [-0.2, 0) is 114 Å². The number of carboxylic acids is 8. The van der Waals surface area contributed by atoms with Crippen molar-refractivity contribution >= 4 is 142 Å². The number of aliphatic hydroxyl groups excluding tert-OH is 16. The van der Waals surface area contributed by atoms with Crippen LogP contribution in [0.4, 0.5) is 0 Å². The monoisotopic (exact) mass is 2050 g/mol. The second-order valence-electron chi connectivity index (χ2n) is 27.8. The van der Waals surface area contributed by atoms with Crippen LogP contribution < -0.4 is 0 Å². The zero-order chi connectivity index (χ0) is 123. The molecule has 8 aliphatic heterocycles. The molecule has 0 amide bonds. The molecule has 8 aliphatic rings. The molecule has 8 saturated heterocycles. The predicted octanol–water partition coefficient (Wildman–Crippen LogP) is -7.04. The van der Waals surface area contributed by atoms with Crippen LogP contribution in [0, 0.1) is 0 Å². The number of ether oxygens (including phenoxy) is 16. The van der Waals surface area contributed by atoms with Crippen molar-refractivity contribution in [3.63, 3.8) is 0 Å². The van der Waals surface area contributed by atoms with Gasteiger partial charge in [-0.15, -0.1) is 0 Å². The molecule has 39 atom stereocenters. The number of aliphatic hydroxyl groups is 16. The topological polar surface area (TPSA) is 770 Å². The fourth-order valence-corrected chi connectivity index (χ4v) is 18.6. The van der Waals surface area contributed by atoms with E-state index in [2.05, 4.69) is 0 Å². The SMILES string of the molecule is [2H]C([2H])(SC[C@@H]1C[C@H](O)[C@@H](O)[C@@H](O[C@H]2[C@H](O)[C@@H](O)[C@@H](O[C@H]3[C@H](O)[C@@H](O)[C@@H](O[C@H]4[C@H](O)[C@@H](O)[C@@H](O[C@H]5[C@H](O)[C@@H](O)[C@@H](O[C@H]6[C@H](O)[C@@H](O)[C@@H](O[C@H]7[C@H](O)[C@@H](O)[C@@H](O[C@H]8[C@H](O)[C@@H](O)[C@@H](OC)O[C@H]8CSC([2H])([2H])C([2H])([2H])C(=O)O)O[C@@H]7CSC([2H])([2H])C([2H])([2H])C(=O)O)O[C@@H]6CSC([2H])([2H])C([2H])([2H])C(=O)O)O[C@H]5CSC([2H])([2H])C([2H])([2H])C(=O)O)O[C@H]4CSC([2H])([2H])C([2H])([2H])C(=O)O)O[C@H]3CSC([2H])([2H])C([2H])([2H])C(=O)O)O[C@H]2CSC([2H])([2H])C([2H])([2H])C(=O)O)O1)C([2H])([2H])C(=O)O. The van der Waals surface area contributed by atoms with Crippen molar-refractivity contribution in [1.82, 2.24) is 0 Å². The minimum absolute atomic E-state index is 0.0301. The maximum Gasteiger partial charge on any atom is 0.304 e. The third-order valence-electron chi connectivity index (χ3n) is 19.1. The molecule has 0 bridgehead atoms. The summed E-state index contributed by atoms with van der Waals surface area (Å²) in [6, 6.07) is 0. The molecule has 0 radical (unpaired) electrons. The number of aliphatic carboxylic acids is 8. The van der Waals surface area contributed by atoms with Crippen LogP contribution in [0.3, 0.4) is 0 Å². The fraction of sp³-hybridized carbons (Fsp3) is 0.890.